The fourth-order valence-corrected chi connectivity index (χ4v) is 3.18. The SMILES string of the molecule is CC(C)C(=O)OCc1ccc(NC(=O)C(CCCNC(N)=O)NC(=O)C(NC(=O)C(C)(C)C)C(C)C)cc1. The zero-order valence-corrected chi connectivity index (χ0v) is 23.5. The van der Waals surface area contributed by atoms with E-state index in [1.165, 1.54) is 0 Å². The maximum atomic E-state index is 13.1. The van der Waals surface area contributed by atoms with Crippen molar-refractivity contribution < 1.29 is 28.7 Å². The minimum atomic E-state index is -0.934. The smallest absolute Gasteiger partial charge is 0.312 e. The van der Waals surface area contributed by atoms with Gasteiger partial charge in [-0.25, -0.2) is 4.79 Å². The Labute approximate surface area is 225 Å². The molecule has 0 fully saturated rings. The molecule has 11 heteroatoms. The van der Waals surface area contributed by atoms with Crippen molar-refractivity contribution in [2.45, 2.75) is 80.0 Å². The molecule has 1 rings (SSSR count). The largest absolute Gasteiger partial charge is 0.461 e. The van der Waals surface area contributed by atoms with E-state index in [-0.39, 0.29) is 43.3 Å². The molecule has 38 heavy (non-hydrogen) atoms. The molecule has 5 amide bonds. The summed E-state index contributed by atoms with van der Waals surface area (Å²) in [6, 6.07) is 4.34. The maximum Gasteiger partial charge on any atom is 0.312 e. The van der Waals surface area contributed by atoms with E-state index in [1.54, 1.807) is 72.7 Å². The number of carbonyl (C=O) groups excluding carboxylic acids is 5. The molecule has 1 aromatic carbocycles. The van der Waals surface area contributed by atoms with Crippen LogP contribution in [-0.2, 0) is 30.5 Å². The third-order valence-corrected chi connectivity index (χ3v) is 5.59. The zero-order chi connectivity index (χ0) is 29.0. The number of hydrogen-bond acceptors (Lipinski definition) is 6. The number of ether oxygens (including phenoxy) is 1. The molecule has 0 saturated carbocycles. The number of amides is 5. The predicted octanol–water partition coefficient (Wildman–Crippen LogP) is 2.44. The Morgan fingerprint density at radius 3 is 2.03 bits per heavy atom. The second-order valence-corrected chi connectivity index (χ2v) is 10.9. The van der Waals surface area contributed by atoms with Crippen LogP contribution < -0.4 is 27.0 Å². The van der Waals surface area contributed by atoms with Crippen LogP contribution in [0.5, 0.6) is 0 Å². The molecule has 0 radical (unpaired) electrons. The number of hydrogen-bond donors (Lipinski definition) is 5. The van der Waals surface area contributed by atoms with Crippen LogP contribution in [0.2, 0.25) is 0 Å². The van der Waals surface area contributed by atoms with Gasteiger partial charge in [-0.2, -0.15) is 0 Å². The first-order valence-electron chi connectivity index (χ1n) is 12.8. The van der Waals surface area contributed by atoms with Crippen molar-refractivity contribution in [3.05, 3.63) is 29.8 Å². The summed E-state index contributed by atoms with van der Waals surface area (Å²) in [5.74, 6) is -1.97. The Bertz CT molecular complexity index is 969. The summed E-state index contributed by atoms with van der Waals surface area (Å²) < 4.78 is 5.21. The first-order chi connectivity index (χ1) is 17.6. The van der Waals surface area contributed by atoms with Gasteiger partial charge in [-0.3, -0.25) is 19.2 Å². The molecule has 0 saturated heterocycles. The summed E-state index contributed by atoms with van der Waals surface area (Å²) in [6.45, 7) is 12.7. The second kappa shape index (κ2) is 14.9. The number of benzene rings is 1. The first kappa shape index (κ1) is 32.4. The lowest BCUT2D eigenvalue weighted by Gasteiger charge is -2.28. The third kappa shape index (κ3) is 11.6. The monoisotopic (exact) mass is 533 g/mol. The van der Waals surface area contributed by atoms with Crippen molar-refractivity contribution in [3.63, 3.8) is 0 Å². The lowest BCUT2D eigenvalue weighted by atomic mass is 9.93. The van der Waals surface area contributed by atoms with Gasteiger partial charge in [0.2, 0.25) is 17.7 Å². The van der Waals surface area contributed by atoms with Gasteiger partial charge in [0.05, 0.1) is 5.92 Å². The molecular formula is C27H43N5O6. The van der Waals surface area contributed by atoms with Crippen molar-refractivity contribution in [1.29, 1.82) is 0 Å². The highest BCUT2D eigenvalue weighted by Crippen LogP contribution is 2.16. The van der Waals surface area contributed by atoms with E-state index < -0.39 is 35.3 Å². The standard InChI is InChI=1S/C27H43N5O6/c1-16(2)21(32-25(36)27(5,6)7)23(34)31-20(9-8-14-29-26(28)37)22(33)30-19-12-10-18(11-13-19)15-38-24(35)17(3)4/h10-13,16-17,20-21H,8-9,14-15H2,1-7H3,(H,30,33)(H,31,34)(H,32,36)(H3,28,29,37). The third-order valence-electron chi connectivity index (χ3n) is 5.59. The van der Waals surface area contributed by atoms with E-state index in [4.69, 9.17) is 10.5 Å². The molecule has 0 bridgehead atoms. The van der Waals surface area contributed by atoms with Crippen molar-refractivity contribution in [3.8, 4) is 0 Å². The Kier molecular flexibility index (Phi) is 12.7. The van der Waals surface area contributed by atoms with Crippen LogP contribution >= 0.6 is 0 Å². The van der Waals surface area contributed by atoms with Crippen LogP contribution in [0.3, 0.4) is 0 Å². The summed E-state index contributed by atoms with van der Waals surface area (Å²) >= 11 is 0. The van der Waals surface area contributed by atoms with Gasteiger partial charge in [0.15, 0.2) is 0 Å². The molecule has 2 atom stereocenters. The second-order valence-electron chi connectivity index (χ2n) is 10.9. The highest BCUT2D eigenvalue weighted by Gasteiger charge is 2.31. The zero-order valence-electron chi connectivity index (χ0n) is 23.5. The molecule has 0 aliphatic carbocycles. The average Bonchev–Trinajstić information content (AvgIpc) is 2.82. The summed E-state index contributed by atoms with van der Waals surface area (Å²) in [5.41, 5.74) is 5.66. The van der Waals surface area contributed by atoms with Crippen LogP contribution in [0.4, 0.5) is 10.5 Å². The fourth-order valence-electron chi connectivity index (χ4n) is 3.18. The predicted molar refractivity (Wildman–Crippen MR) is 145 cm³/mol. The number of primary amides is 1. The van der Waals surface area contributed by atoms with E-state index >= 15 is 0 Å². The van der Waals surface area contributed by atoms with Gasteiger partial charge in [0.25, 0.3) is 0 Å². The summed E-state index contributed by atoms with van der Waals surface area (Å²) in [4.78, 5) is 61.4. The summed E-state index contributed by atoms with van der Waals surface area (Å²) in [5, 5.41) is 10.8. The van der Waals surface area contributed by atoms with Crippen molar-refractivity contribution in [2.75, 3.05) is 11.9 Å². The Balaban J connectivity index is 2.94. The normalized spacial score (nSPS) is 12.9. The molecule has 11 nitrogen and oxygen atoms in total. The summed E-state index contributed by atoms with van der Waals surface area (Å²) in [6.07, 6.45) is 0.598. The van der Waals surface area contributed by atoms with Crippen LogP contribution in [0.1, 0.15) is 66.9 Å². The fraction of sp³-hybridized carbons (Fsp3) is 0.593. The van der Waals surface area contributed by atoms with Gasteiger partial charge in [-0.15, -0.1) is 0 Å². The number of carbonyl (C=O) groups is 5. The lowest BCUT2D eigenvalue weighted by Crippen LogP contribution is -2.56. The quantitative estimate of drug-likeness (QED) is 0.193. The Morgan fingerprint density at radius 2 is 1.53 bits per heavy atom. The van der Waals surface area contributed by atoms with E-state index in [0.29, 0.717) is 12.1 Å². The van der Waals surface area contributed by atoms with Gasteiger partial charge in [0, 0.05) is 17.6 Å². The first-order valence-corrected chi connectivity index (χ1v) is 12.8. The molecule has 0 spiro atoms. The van der Waals surface area contributed by atoms with Crippen molar-refractivity contribution in [2.24, 2.45) is 23.0 Å². The minimum Gasteiger partial charge on any atom is -0.461 e. The Morgan fingerprint density at radius 1 is 0.921 bits per heavy atom. The molecule has 1 aromatic rings. The van der Waals surface area contributed by atoms with Gasteiger partial charge in [0.1, 0.15) is 18.7 Å². The van der Waals surface area contributed by atoms with Gasteiger partial charge < -0.3 is 31.7 Å². The van der Waals surface area contributed by atoms with Crippen LogP contribution in [0.25, 0.3) is 0 Å². The van der Waals surface area contributed by atoms with Crippen LogP contribution in [0.15, 0.2) is 24.3 Å². The molecule has 0 aliphatic rings. The molecule has 2 unspecified atom stereocenters. The van der Waals surface area contributed by atoms with Crippen molar-refractivity contribution >= 4 is 35.4 Å². The number of urea groups is 1. The molecule has 6 N–H and O–H groups in total. The highest BCUT2D eigenvalue weighted by molar-refractivity contribution is 5.98. The molecular weight excluding hydrogens is 490 g/mol. The summed E-state index contributed by atoms with van der Waals surface area (Å²) in [7, 11) is 0. The van der Waals surface area contributed by atoms with Gasteiger partial charge >= 0.3 is 12.0 Å². The van der Waals surface area contributed by atoms with Gasteiger partial charge in [-0.05, 0) is 36.5 Å². The lowest BCUT2D eigenvalue weighted by molar-refractivity contribution is -0.148. The highest BCUT2D eigenvalue weighted by atomic mass is 16.5. The maximum absolute atomic E-state index is 13.1. The number of nitrogens with two attached hydrogens (primary N) is 1. The van der Waals surface area contributed by atoms with E-state index in [0.717, 1.165) is 5.56 Å². The van der Waals surface area contributed by atoms with Crippen LogP contribution in [0, 0.1) is 17.3 Å². The molecule has 0 aromatic heterocycles. The van der Waals surface area contributed by atoms with Gasteiger partial charge in [-0.1, -0.05) is 60.6 Å². The Hall–Kier alpha value is -3.63. The van der Waals surface area contributed by atoms with E-state index in [9.17, 15) is 24.0 Å². The number of nitrogens with one attached hydrogen (secondary N) is 4. The van der Waals surface area contributed by atoms with Crippen molar-refractivity contribution in [1.82, 2.24) is 16.0 Å². The average molecular weight is 534 g/mol. The number of rotatable bonds is 13. The minimum absolute atomic E-state index is 0.119. The van der Waals surface area contributed by atoms with Crippen LogP contribution in [-0.4, -0.2) is 48.4 Å². The number of anilines is 1. The molecule has 0 aliphatic heterocycles. The molecule has 212 valence electrons. The van der Waals surface area contributed by atoms with E-state index in [1.807, 2.05) is 0 Å². The number of esters is 1. The van der Waals surface area contributed by atoms with E-state index in [2.05, 4.69) is 21.3 Å². The topological polar surface area (TPSA) is 169 Å². The molecule has 0 heterocycles.